The van der Waals surface area contributed by atoms with Crippen LogP contribution in [0.5, 0.6) is 0 Å². The van der Waals surface area contributed by atoms with Crippen molar-refractivity contribution in [3.05, 3.63) is 69.8 Å². The second-order valence-corrected chi connectivity index (χ2v) is 4.85. The number of benzene rings is 2. The van der Waals surface area contributed by atoms with Crippen molar-refractivity contribution < 1.29 is 4.92 Å². The van der Waals surface area contributed by atoms with E-state index < -0.39 is 0 Å². The molecule has 4 nitrogen and oxygen atoms in total. The Morgan fingerprint density at radius 1 is 1.11 bits per heavy atom. The van der Waals surface area contributed by atoms with Crippen LogP contribution in [0.25, 0.3) is 0 Å². The van der Waals surface area contributed by atoms with Gasteiger partial charge < -0.3 is 4.90 Å². The van der Waals surface area contributed by atoms with Gasteiger partial charge in [-0.3, -0.25) is 10.1 Å². The molecule has 0 bridgehead atoms. The van der Waals surface area contributed by atoms with Crippen LogP contribution < -0.4 is 4.90 Å². The fraction of sp³-hybridized carbons (Fsp3) is 0.200. The highest BCUT2D eigenvalue weighted by molar-refractivity contribution is 5.58. The Labute approximate surface area is 111 Å². The van der Waals surface area contributed by atoms with Gasteiger partial charge in [0.15, 0.2) is 0 Å². The number of hydrogen-bond donors (Lipinski definition) is 0. The van der Waals surface area contributed by atoms with Crippen molar-refractivity contribution in [2.24, 2.45) is 0 Å². The highest BCUT2D eigenvalue weighted by Crippen LogP contribution is 2.40. The molecule has 1 aliphatic heterocycles. The number of hydrogen-bond acceptors (Lipinski definition) is 3. The van der Waals surface area contributed by atoms with Gasteiger partial charge in [-0.2, -0.15) is 0 Å². The number of non-ortho nitro benzene ring substituents is 1. The molecule has 1 fully saturated rings. The first kappa shape index (κ1) is 11.7. The first-order valence-corrected chi connectivity index (χ1v) is 6.23. The maximum Gasteiger partial charge on any atom is 0.269 e. The normalized spacial score (nSPS) is 17.3. The van der Waals surface area contributed by atoms with Gasteiger partial charge in [0.25, 0.3) is 5.69 Å². The Hall–Kier alpha value is -2.36. The number of rotatable bonds is 3. The molecule has 0 aliphatic carbocycles. The summed E-state index contributed by atoms with van der Waals surface area (Å²) in [6, 6.07) is 15.7. The van der Waals surface area contributed by atoms with E-state index in [0.717, 1.165) is 12.2 Å². The lowest BCUT2D eigenvalue weighted by Gasteiger charge is -2.05. The van der Waals surface area contributed by atoms with Crippen LogP contribution in [0.1, 0.15) is 17.2 Å². The largest absolute Gasteiger partial charge is 0.360 e. The molecular formula is C15H14N2O2. The standard InChI is InChI=1S/C15H14N2O2/c1-11-2-4-12(5-3-11)15-10-16(15)13-6-8-14(9-7-13)17(18)19/h2-9,15H,10H2,1H3. The molecule has 1 aliphatic rings. The zero-order valence-electron chi connectivity index (χ0n) is 10.6. The Balaban J connectivity index is 1.75. The monoisotopic (exact) mass is 254 g/mol. The molecule has 0 aromatic heterocycles. The van der Waals surface area contributed by atoms with Crippen LogP contribution >= 0.6 is 0 Å². The number of anilines is 1. The Morgan fingerprint density at radius 2 is 1.74 bits per heavy atom. The lowest BCUT2D eigenvalue weighted by atomic mass is 10.1. The number of nitrogens with zero attached hydrogens (tertiary/aromatic N) is 2. The summed E-state index contributed by atoms with van der Waals surface area (Å²) in [6.45, 7) is 3.05. The van der Waals surface area contributed by atoms with Crippen LogP contribution in [0.3, 0.4) is 0 Å². The summed E-state index contributed by atoms with van der Waals surface area (Å²) < 4.78 is 0. The SMILES string of the molecule is Cc1ccc(C2CN2c2ccc([N+](=O)[O-])cc2)cc1. The van der Waals surface area contributed by atoms with Gasteiger partial charge in [-0.25, -0.2) is 0 Å². The molecule has 2 aromatic rings. The molecule has 0 radical (unpaired) electrons. The highest BCUT2D eigenvalue weighted by Gasteiger charge is 2.35. The molecule has 2 aromatic carbocycles. The molecule has 0 spiro atoms. The molecule has 4 heteroatoms. The second-order valence-electron chi connectivity index (χ2n) is 4.85. The third-order valence-electron chi connectivity index (χ3n) is 3.47. The van der Waals surface area contributed by atoms with Crippen LogP contribution in [-0.4, -0.2) is 11.5 Å². The predicted molar refractivity (Wildman–Crippen MR) is 74.4 cm³/mol. The summed E-state index contributed by atoms with van der Waals surface area (Å²) in [5, 5.41) is 10.6. The summed E-state index contributed by atoms with van der Waals surface area (Å²) in [7, 11) is 0. The van der Waals surface area contributed by atoms with Crippen LogP contribution in [0.4, 0.5) is 11.4 Å². The molecule has 96 valence electrons. The molecule has 0 amide bonds. The first-order chi connectivity index (χ1) is 9.15. The van der Waals surface area contributed by atoms with Crippen molar-refractivity contribution in [2.75, 3.05) is 11.4 Å². The average molecular weight is 254 g/mol. The van der Waals surface area contributed by atoms with Crippen LogP contribution in [-0.2, 0) is 0 Å². The maximum absolute atomic E-state index is 10.6. The quantitative estimate of drug-likeness (QED) is 0.478. The van der Waals surface area contributed by atoms with Crippen molar-refractivity contribution in [3.8, 4) is 0 Å². The fourth-order valence-electron chi connectivity index (χ4n) is 2.26. The summed E-state index contributed by atoms with van der Waals surface area (Å²) in [4.78, 5) is 12.5. The van der Waals surface area contributed by atoms with Gasteiger partial charge in [-0.15, -0.1) is 0 Å². The number of nitro groups is 1. The van der Waals surface area contributed by atoms with E-state index in [1.54, 1.807) is 12.1 Å². The van der Waals surface area contributed by atoms with E-state index in [0.29, 0.717) is 6.04 Å². The second kappa shape index (κ2) is 4.39. The van der Waals surface area contributed by atoms with Gasteiger partial charge in [-0.1, -0.05) is 29.8 Å². The van der Waals surface area contributed by atoms with E-state index >= 15 is 0 Å². The topological polar surface area (TPSA) is 46.1 Å². The number of aryl methyl sites for hydroxylation is 1. The van der Waals surface area contributed by atoms with Gasteiger partial charge in [-0.05, 0) is 24.6 Å². The lowest BCUT2D eigenvalue weighted by molar-refractivity contribution is -0.384. The minimum Gasteiger partial charge on any atom is -0.360 e. The molecule has 1 heterocycles. The van der Waals surface area contributed by atoms with Crippen molar-refractivity contribution >= 4 is 11.4 Å². The zero-order chi connectivity index (χ0) is 13.4. The van der Waals surface area contributed by atoms with Crippen LogP contribution in [0.15, 0.2) is 48.5 Å². The van der Waals surface area contributed by atoms with Crippen LogP contribution in [0.2, 0.25) is 0 Å². The van der Waals surface area contributed by atoms with Gasteiger partial charge in [0, 0.05) is 24.4 Å². The van der Waals surface area contributed by atoms with Gasteiger partial charge in [0.2, 0.25) is 0 Å². The Kier molecular flexibility index (Phi) is 2.71. The van der Waals surface area contributed by atoms with E-state index in [1.807, 2.05) is 12.1 Å². The third kappa shape index (κ3) is 2.29. The predicted octanol–water partition coefficient (Wildman–Crippen LogP) is 3.46. The van der Waals surface area contributed by atoms with Gasteiger partial charge in [0.1, 0.15) is 0 Å². The van der Waals surface area contributed by atoms with Crippen molar-refractivity contribution in [1.82, 2.24) is 0 Å². The smallest absolute Gasteiger partial charge is 0.269 e. The summed E-state index contributed by atoms with van der Waals surface area (Å²) in [5.74, 6) is 0. The van der Waals surface area contributed by atoms with E-state index in [1.165, 1.54) is 11.1 Å². The number of nitro benzene ring substituents is 1. The van der Waals surface area contributed by atoms with Crippen molar-refractivity contribution in [1.29, 1.82) is 0 Å². The molecular weight excluding hydrogens is 240 g/mol. The van der Waals surface area contributed by atoms with E-state index in [9.17, 15) is 10.1 Å². The molecule has 1 unspecified atom stereocenters. The van der Waals surface area contributed by atoms with E-state index in [-0.39, 0.29) is 10.6 Å². The minimum atomic E-state index is -0.372. The van der Waals surface area contributed by atoms with E-state index in [2.05, 4.69) is 36.1 Å². The van der Waals surface area contributed by atoms with Crippen molar-refractivity contribution in [3.63, 3.8) is 0 Å². The Morgan fingerprint density at radius 3 is 2.32 bits per heavy atom. The summed E-state index contributed by atoms with van der Waals surface area (Å²) >= 11 is 0. The van der Waals surface area contributed by atoms with Gasteiger partial charge in [0.05, 0.1) is 11.0 Å². The molecule has 3 rings (SSSR count). The minimum absolute atomic E-state index is 0.137. The molecule has 1 saturated heterocycles. The highest BCUT2D eigenvalue weighted by atomic mass is 16.6. The lowest BCUT2D eigenvalue weighted by Crippen LogP contribution is -1.95. The zero-order valence-corrected chi connectivity index (χ0v) is 10.6. The summed E-state index contributed by atoms with van der Waals surface area (Å²) in [5.41, 5.74) is 3.73. The molecule has 19 heavy (non-hydrogen) atoms. The summed E-state index contributed by atoms with van der Waals surface area (Å²) in [6.07, 6.45) is 0. The van der Waals surface area contributed by atoms with Gasteiger partial charge >= 0.3 is 0 Å². The fourth-order valence-corrected chi connectivity index (χ4v) is 2.26. The third-order valence-corrected chi connectivity index (χ3v) is 3.47. The average Bonchev–Trinajstić information content (AvgIpc) is 3.20. The molecule has 0 saturated carbocycles. The molecule has 1 atom stereocenters. The molecule has 0 N–H and O–H groups in total. The Bertz CT molecular complexity index is 605. The van der Waals surface area contributed by atoms with E-state index in [4.69, 9.17) is 0 Å². The maximum atomic E-state index is 10.6. The van der Waals surface area contributed by atoms with Crippen molar-refractivity contribution in [2.45, 2.75) is 13.0 Å². The first-order valence-electron chi connectivity index (χ1n) is 6.23. The van der Waals surface area contributed by atoms with Crippen LogP contribution in [0, 0.1) is 17.0 Å².